The van der Waals surface area contributed by atoms with Crippen LogP contribution >= 0.6 is 24.0 Å². The smallest absolute Gasteiger partial charge is 0.341 e. The lowest BCUT2D eigenvalue weighted by Gasteiger charge is -2.21. The number of anilines is 1. The molecule has 0 fully saturated rings. The van der Waals surface area contributed by atoms with Gasteiger partial charge in [0, 0.05) is 30.5 Å². The van der Waals surface area contributed by atoms with Crippen molar-refractivity contribution in [1.82, 2.24) is 14.5 Å². The largest absolute Gasteiger partial charge is 0.477 e. The minimum Gasteiger partial charge on any atom is -0.477 e. The Labute approximate surface area is 188 Å². The molecule has 1 aromatic carbocycles. The summed E-state index contributed by atoms with van der Waals surface area (Å²) in [7, 11) is 0. The van der Waals surface area contributed by atoms with Gasteiger partial charge < -0.3 is 14.6 Å². The number of hydrogen-bond acceptors (Lipinski definition) is 5. The molecule has 0 amide bonds. The summed E-state index contributed by atoms with van der Waals surface area (Å²) >= 11 is 6.56. The van der Waals surface area contributed by atoms with E-state index in [1.54, 1.807) is 41.4 Å². The molecule has 0 aliphatic carbocycles. The molecule has 0 saturated heterocycles. The van der Waals surface area contributed by atoms with E-state index in [1.165, 1.54) is 6.20 Å². The number of fused-ring (bicyclic) bond motifs is 2. The van der Waals surface area contributed by atoms with Gasteiger partial charge in [-0.15, -0.1) is 12.4 Å². The molecule has 1 aliphatic rings. The number of aromatic carboxylic acids is 1. The summed E-state index contributed by atoms with van der Waals surface area (Å²) in [6.45, 7) is 1.25. The fraction of sp³-hybridized carbons (Fsp3) is 0.0909. The summed E-state index contributed by atoms with van der Waals surface area (Å²) in [4.78, 5) is 35.1. The van der Waals surface area contributed by atoms with Crippen LogP contribution in [-0.4, -0.2) is 25.6 Å². The van der Waals surface area contributed by atoms with Crippen LogP contribution < -0.4 is 10.3 Å². The van der Waals surface area contributed by atoms with Crippen LogP contribution in [-0.2, 0) is 13.1 Å². The lowest BCUT2D eigenvalue weighted by molar-refractivity contribution is 0.0695. The fourth-order valence-electron chi connectivity index (χ4n) is 3.81. The standard InChI is InChI=1S/C22H15ClN4O3.ClH/c23-17-7-15-19(8-20(17)26-10-13-3-1-6-25-18(13)12-26)27(14-4-2-5-24-9-14)11-16(21(15)28)22(29)30;/h1-9,11H,10,12H2,(H,29,30);1H. The first-order valence-corrected chi connectivity index (χ1v) is 9.61. The van der Waals surface area contributed by atoms with Gasteiger partial charge in [-0.1, -0.05) is 17.7 Å². The van der Waals surface area contributed by atoms with Gasteiger partial charge in [0.15, 0.2) is 0 Å². The van der Waals surface area contributed by atoms with Gasteiger partial charge in [0.1, 0.15) is 5.56 Å². The van der Waals surface area contributed by atoms with Crippen LogP contribution in [0.2, 0.25) is 5.02 Å². The third kappa shape index (κ3) is 3.52. The topological polar surface area (TPSA) is 88.3 Å². The van der Waals surface area contributed by atoms with Crippen LogP contribution in [0.15, 0.2) is 66.0 Å². The van der Waals surface area contributed by atoms with Crippen molar-refractivity contribution in [3.05, 3.63) is 93.3 Å². The van der Waals surface area contributed by atoms with Gasteiger partial charge >= 0.3 is 5.97 Å². The van der Waals surface area contributed by atoms with E-state index in [2.05, 4.69) is 14.9 Å². The minimum atomic E-state index is -1.29. The third-order valence-electron chi connectivity index (χ3n) is 5.25. The molecule has 0 unspecified atom stereocenters. The second-order valence-electron chi connectivity index (χ2n) is 7.04. The van der Waals surface area contributed by atoms with Gasteiger partial charge in [0.25, 0.3) is 0 Å². The molecule has 3 aromatic heterocycles. The summed E-state index contributed by atoms with van der Waals surface area (Å²) in [6, 6.07) is 10.8. The van der Waals surface area contributed by atoms with Crippen molar-refractivity contribution in [2.24, 2.45) is 0 Å². The Balaban J connectivity index is 0.00000231. The van der Waals surface area contributed by atoms with Crippen LogP contribution in [0.1, 0.15) is 21.6 Å². The van der Waals surface area contributed by atoms with E-state index in [0.717, 1.165) is 16.9 Å². The van der Waals surface area contributed by atoms with E-state index in [4.69, 9.17) is 11.6 Å². The van der Waals surface area contributed by atoms with Crippen molar-refractivity contribution in [3.63, 3.8) is 0 Å². The van der Waals surface area contributed by atoms with E-state index in [0.29, 0.717) is 29.3 Å². The molecule has 4 heterocycles. The molecule has 0 bridgehead atoms. The Bertz CT molecular complexity index is 1350. The van der Waals surface area contributed by atoms with Crippen molar-refractivity contribution in [2.75, 3.05) is 4.90 Å². The number of carboxylic acid groups (broad SMARTS) is 1. The van der Waals surface area contributed by atoms with Crippen LogP contribution in [0.3, 0.4) is 0 Å². The zero-order chi connectivity index (χ0) is 20.8. The zero-order valence-electron chi connectivity index (χ0n) is 16.0. The van der Waals surface area contributed by atoms with Crippen molar-refractivity contribution in [1.29, 1.82) is 0 Å². The molecule has 1 N–H and O–H groups in total. The fourth-order valence-corrected chi connectivity index (χ4v) is 4.09. The van der Waals surface area contributed by atoms with Gasteiger partial charge in [-0.05, 0) is 35.9 Å². The van der Waals surface area contributed by atoms with Gasteiger partial charge in [0.05, 0.1) is 40.3 Å². The molecule has 31 heavy (non-hydrogen) atoms. The van der Waals surface area contributed by atoms with E-state index in [1.807, 2.05) is 18.2 Å². The quantitative estimate of drug-likeness (QED) is 0.501. The first kappa shape index (κ1) is 20.8. The maximum Gasteiger partial charge on any atom is 0.341 e. The first-order valence-electron chi connectivity index (χ1n) is 9.23. The van der Waals surface area contributed by atoms with E-state index in [-0.39, 0.29) is 23.4 Å². The number of halogens is 2. The highest BCUT2D eigenvalue weighted by Gasteiger charge is 2.24. The third-order valence-corrected chi connectivity index (χ3v) is 5.56. The normalized spacial score (nSPS) is 12.5. The summed E-state index contributed by atoms with van der Waals surface area (Å²) in [5.41, 5.74) is 3.16. The van der Waals surface area contributed by atoms with Crippen LogP contribution in [0, 0.1) is 0 Å². The monoisotopic (exact) mass is 454 g/mol. The SMILES string of the molecule is Cl.O=C(O)c1cn(-c2cccnc2)c2cc(N3Cc4cccnc4C3)c(Cl)cc2c1=O. The van der Waals surface area contributed by atoms with Crippen molar-refractivity contribution in [3.8, 4) is 5.69 Å². The van der Waals surface area contributed by atoms with Crippen LogP contribution in [0.5, 0.6) is 0 Å². The number of pyridine rings is 3. The second-order valence-corrected chi connectivity index (χ2v) is 7.45. The molecule has 9 heteroatoms. The molecule has 0 atom stereocenters. The van der Waals surface area contributed by atoms with E-state index >= 15 is 0 Å². The van der Waals surface area contributed by atoms with Crippen molar-refractivity contribution >= 4 is 46.6 Å². The summed E-state index contributed by atoms with van der Waals surface area (Å²) < 4.78 is 1.66. The summed E-state index contributed by atoms with van der Waals surface area (Å²) in [5.74, 6) is -1.29. The highest BCUT2D eigenvalue weighted by molar-refractivity contribution is 6.34. The number of rotatable bonds is 3. The average Bonchev–Trinajstić information content (AvgIpc) is 3.18. The Kier molecular flexibility index (Phi) is 5.39. The number of carboxylic acids is 1. The lowest BCUT2D eigenvalue weighted by atomic mass is 10.1. The minimum absolute atomic E-state index is 0. The maximum absolute atomic E-state index is 12.8. The molecule has 156 valence electrons. The predicted octanol–water partition coefficient (Wildman–Crippen LogP) is 4.07. The number of nitrogens with zero attached hydrogens (tertiary/aromatic N) is 4. The average molecular weight is 455 g/mol. The van der Waals surface area contributed by atoms with E-state index in [9.17, 15) is 14.7 Å². The summed E-state index contributed by atoms with van der Waals surface area (Å²) in [5, 5.41) is 10.1. The zero-order valence-corrected chi connectivity index (χ0v) is 17.6. The van der Waals surface area contributed by atoms with Crippen molar-refractivity contribution < 1.29 is 9.90 Å². The van der Waals surface area contributed by atoms with Gasteiger partial charge in [-0.3, -0.25) is 14.8 Å². The molecule has 7 nitrogen and oxygen atoms in total. The molecule has 0 radical (unpaired) electrons. The first-order chi connectivity index (χ1) is 14.5. The Hall–Kier alpha value is -3.42. The Morgan fingerprint density at radius 1 is 1.13 bits per heavy atom. The van der Waals surface area contributed by atoms with Crippen molar-refractivity contribution in [2.45, 2.75) is 13.1 Å². The van der Waals surface area contributed by atoms with Gasteiger partial charge in [-0.2, -0.15) is 0 Å². The number of aromatic nitrogens is 3. The Morgan fingerprint density at radius 2 is 1.94 bits per heavy atom. The molecular formula is C22H16Cl2N4O3. The second kappa shape index (κ2) is 8.02. The van der Waals surface area contributed by atoms with Crippen LogP contribution in [0.4, 0.5) is 5.69 Å². The lowest BCUT2D eigenvalue weighted by Crippen LogP contribution is -2.20. The molecule has 0 saturated carbocycles. The molecule has 1 aliphatic heterocycles. The van der Waals surface area contributed by atoms with Gasteiger partial charge in [-0.25, -0.2) is 4.79 Å². The number of carbonyl (C=O) groups is 1. The molecule has 4 aromatic rings. The van der Waals surface area contributed by atoms with E-state index < -0.39 is 11.4 Å². The maximum atomic E-state index is 12.8. The summed E-state index contributed by atoms with van der Waals surface area (Å²) in [6.07, 6.45) is 6.34. The number of hydrogen-bond donors (Lipinski definition) is 1. The number of benzene rings is 1. The Morgan fingerprint density at radius 3 is 2.65 bits per heavy atom. The highest BCUT2D eigenvalue weighted by atomic mass is 35.5. The molecule has 0 spiro atoms. The predicted molar refractivity (Wildman–Crippen MR) is 121 cm³/mol. The molecule has 5 rings (SSSR count). The van der Waals surface area contributed by atoms with Crippen LogP contribution in [0.25, 0.3) is 16.6 Å². The highest BCUT2D eigenvalue weighted by Crippen LogP contribution is 2.35. The molecular weight excluding hydrogens is 439 g/mol. The van der Waals surface area contributed by atoms with Gasteiger partial charge in [0.2, 0.25) is 5.43 Å².